The lowest BCUT2D eigenvalue weighted by Crippen LogP contribution is -2.45. The third-order valence-corrected chi connectivity index (χ3v) is 17.4. The minimum absolute atomic E-state index is 0.0197. The molecule has 0 radical (unpaired) electrons. The van der Waals surface area contributed by atoms with Gasteiger partial charge in [-0.3, -0.25) is 9.59 Å². The first-order chi connectivity index (χ1) is 40.5. The molecule has 0 saturated heterocycles. The molecule has 82 heavy (non-hydrogen) atoms. The molecule has 0 aromatic rings. The molecule has 2 atom stereocenters. The number of hydrogen-bond acceptors (Lipinski definition) is 5. The van der Waals surface area contributed by atoms with E-state index in [1.807, 2.05) is 6.08 Å². The van der Waals surface area contributed by atoms with Gasteiger partial charge in [-0.2, -0.15) is 0 Å². The van der Waals surface area contributed by atoms with Gasteiger partial charge in [-0.15, -0.1) is 0 Å². The lowest BCUT2D eigenvalue weighted by atomic mass is 10.0. The van der Waals surface area contributed by atoms with E-state index < -0.39 is 12.1 Å². The number of hydrogen-bond donors (Lipinski definition) is 3. The van der Waals surface area contributed by atoms with Crippen molar-refractivity contribution in [2.45, 2.75) is 424 Å². The van der Waals surface area contributed by atoms with Crippen molar-refractivity contribution in [1.29, 1.82) is 0 Å². The van der Waals surface area contributed by atoms with E-state index in [2.05, 4.69) is 43.5 Å². The van der Waals surface area contributed by atoms with E-state index in [1.54, 1.807) is 6.08 Å². The number of esters is 1. The Balaban J connectivity index is 3.27. The maximum Gasteiger partial charge on any atom is 0.305 e. The molecule has 0 aromatic carbocycles. The Morgan fingerprint density at radius 3 is 0.951 bits per heavy atom. The first-order valence-corrected chi connectivity index (χ1v) is 37.3. The molecule has 0 rings (SSSR count). The Hall–Kier alpha value is -1.92. The first kappa shape index (κ1) is 80.1. The van der Waals surface area contributed by atoms with Gasteiger partial charge in [-0.05, 0) is 64.2 Å². The molecule has 0 aliphatic heterocycles. The van der Waals surface area contributed by atoms with Crippen LogP contribution in [0.25, 0.3) is 0 Å². The minimum atomic E-state index is -0.838. The van der Waals surface area contributed by atoms with E-state index in [1.165, 1.54) is 340 Å². The summed E-state index contributed by atoms with van der Waals surface area (Å²) in [5, 5.41) is 23.0. The maximum atomic E-state index is 12.4. The van der Waals surface area contributed by atoms with Crippen LogP contribution in [0.1, 0.15) is 412 Å². The lowest BCUT2D eigenvalue weighted by Gasteiger charge is -2.20. The van der Waals surface area contributed by atoms with Crippen LogP contribution in [0.5, 0.6) is 0 Å². The Morgan fingerprint density at radius 2 is 0.610 bits per heavy atom. The summed E-state index contributed by atoms with van der Waals surface area (Å²) in [6.07, 6.45) is 92.7. The number of unbranched alkanes of at least 4 members (excludes halogenated alkanes) is 55. The van der Waals surface area contributed by atoms with Crippen molar-refractivity contribution in [2.75, 3.05) is 13.2 Å². The molecule has 3 N–H and O–H groups in total. The second kappa shape index (κ2) is 71.6. The number of allylic oxidation sites excluding steroid dienone is 5. The van der Waals surface area contributed by atoms with Crippen LogP contribution in [0.15, 0.2) is 36.5 Å². The highest BCUT2D eigenvalue weighted by molar-refractivity contribution is 5.76. The SMILES string of the molecule is CCCCC/C=C\C/C=C\CCCCCCCCCCCC(=O)OCCCCCCCCCCCCCCCCCCCCCCCCCCCCCCCCCCCCCCCC(=O)NC(CO)C(O)/C=C/CCCCCCCCC. The van der Waals surface area contributed by atoms with Gasteiger partial charge in [-0.25, -0.2) is 0 Å². The molecular formula is C76H145NO5. The van der Waals surface area contributed by atoms with Gasteiger partial charge >= 0.3 is 5.97 Å². The second-order valence-corrected chi connectivity index (χ2v) is 25.6. The van der Waals surface area contributed by atoms with Crippen molar-refractivity contribution in [1.82, 2.24) is 5.32 Å². The molecule has 0 aliphatic rings. The predicted octanol–water partition coefficient (Wildman–Crippen LogP) is 24.3. The highest BCUT2D eigenvalue weighted by Gasteiger charge is 2.18. The van der Waals surface area contributed by atoms with Crippen LogP contribution in [0, 0.1) is 0 Å². The second-order valence-electron chi connectivity index (χ2n) is 25.6. The average molecular weight is 1150 g/mol. The molecule has 6 nitrogen and oxygen atoms in total. The van der Waals surface area contributed by atoms with E-state index in [0.29, 0.717) is 19.4 Å². The fraction of sp³-hybridized carbons (Fsp3) is 0.895. The molecule has 0 aromatic heterocycles. The Kier molecular flexibility index (Phi) is 69.9. The average Bonchev–Trinajstić information content (AvgIpc) is 3.48. The molecule has 484 valence electrons. The Morgan fingerprint density at radius 1 is 0.341 bits per heavy atom. The zero-order chi connectivity index (χ0) is 59.2. The number of aliphatic hydroxyl groups excluding tert-OH is 2. The van der Waals surface area contributed by atoms with Gasteiger partial charge in [0.25, 0.3) is 0 Å². The summed E-state index contributed by atoms with van der Waals surface area (Å²) in [6.45, 7) is 4.88. The fourth-order valence-electron chi connectivity index (χ4n) is 11.7. The van der Waals surface area contributed by atoms with Gasteiger partial charge in [0.05, 0.1) is 25.4 Å². The summed E-state index contributed by atoms with van der Waals surface area (Å²) in [5.41, 5.74) is 0. The number of aliphatic hydroxyl groups is 2. The van der Waals surface area contributed by atoms with Crippen molar-refractivity contribution in [3.05, 3.63) is 36.5 Å². The third kappa shape index (κ3) is 67.2. The van der Waals surface area contributed by atoms with E-state index in [-0.39, 0.29) is 18.5 Å². The quantitative estimate of drug-likeness (QED) is 0.0320. The highest BCUT2D eigenvalue weighted by Crippen LogP contribution is 2.19. The minimum Gasteiger partial charge on any atom is -0.466 e. The maximum absolute atomic E-state index is 12.4. The number of nitrogens with one attached hydrogen (secondary N) is 1. The molecule has 0 heterocycles. The van der Waals surface area contributed by atoms with Crippen LogP contribution < -0.4 is 5.32 Å². The number of carbonyl (C=O) groups excluding carboxylic acids is 2. The van der Waals surface area contributed by atoms with E-state index in [0.717, 1.165) is 44.9 Å². The van der Waals surface area contributed by atoms with Crippen molar-refractivity contribution >= 4 is 11.9 Å². The topological polar surface area (TPSA) is 95.9 Å². The first-order valence-electron chi connectivity index (χ1n) is 37.3. The molecule has 0 fully saturated rings. The number of rotatable bonds is 70. The Labute approximate surface area is 513 Å². The summed E-state index contributed by atoms with van der Waals surface area (Å²) in [5.74, 6) is -0.0437. The van der Waals surface area contributed by atoms with Gasteiger partial charge in [-0.1, -0.05) is 371 Å². The van der Waals surface area contributed by atoms with Gasteiger partial charge in [0, 0.05) is 12.8 Å². The van der Waals surface area contributed by atoms with Crippen LogP contribution in [0.2, 0.25) is 0 Å². The van der Waals surface area contributed by atoms with Gasteiger partial charge < -0.3 is 20.3 Å². The summed E-state index contributed by atoms with van der Waals surface area (Å²) < 4.78 is 5.51. The molecule has 0 spiro atoms. The van der Waals surface area contributed by atoms with Gasteiger partial charge in [0.15, 0.2) is 0 Å². The largest absolute Gasteiger partial charge is 0.466 e. The summed E-state index contributed by atoms with van der Waals surface area (Å²) in [7, 11) is 0. The van der Waals surface area contributed by atoms with Crippen molar-refractivity contribution in [3.8, 4) is 0 Å². The standard InChI is InChI=1S/C76H145NO5/c1-3-5-7-9-11-13-14-15-16-17-37-41-44-47-50-54-58-62-66-70-76(81)82-71-67-63-59-55-51-48-45-42-39-36-34-32-30-28-26-24-22-20-18-19-21-23-25-27-29-31-33-35-38-40-43-46-49-53-57-61-65-69-75(80)77-73(72-78)74(79)68-64-60-56-52-12-10-8-6-4-2/h11,13,15-16,64,68,73-74,78-79H,3-10,12,14,17-63,65-67,69-72H2,1-2H3,(H,77,80)/b13-11-,16-15-,68-64+. The third-order valence-electron chi connectivity index (χ3n) is 17.4. The van der Waals surface area contributed by atoms with Crippen LogP contribution in [0.4, 0.5) is 0 Å². The van der Waals surface area contributed by atoms with Crippen molar-refractivity contribution in [2.24, 2.45) is 0 Å². The number of amides is 1. The summed E-state index contributed by atoms with van der Waals surface area (Å²) in [6, 6.07) is -0.621. The lowest BCUT2D eigenvalue weighted by molar-refractivity contribution is -0.143. The zero-order valence-electron chi connectivity index (χ0n) is 55.5. The molecule has 2 unspecified atom stereocenters. The van der Waals surface area contributed by atoms with E-state index in [4.69, 9.17) is 4.74 Å². The molecule has 1 amide bonds. The van der Waals surface area contributed by atoms with E-state index >= 15 is 0 Å². The summed E-state index contributed by atoms with van der Waals surface area (Å²) >= 11 is 0. The van der Waals surface area contributed by atoms with Crippen LogP contribution in [0.3, 0.4) is 0 Å². The predicted molar refractivity (Wildman–Crippen MR) is 361 cm³/mol. The van der Waals surface area contributed by atoms with E-state index in [9.17, 15) is 19.8 Å². The zero-order valence-corrected chi connectivity index (χ0v) is 55.5. The molecular weight excluding hydrogens is 1010 g/mol. The number of ether oxygens (including phenoxy) is 1. The summed E-state index contributed by atoms with van der Waals surface area (Å²) in [4.78, 5) is 24.5. The van der Waals surface area contributed by atoms with Gasteiger partial charge in [0.2, 0.25) is 5.91 Å². The van der Waals surface area contributed by atoms with Gasteiger partial charge in [0.1, 0.15) is 0 Å². The van der Waals surface area contributed by atoms with Crippen LogP contribution in [-0.2, 0) is 14.3 Å². The monoisotopic (exact) mass is 1150 g/mol. The fourth-order valence-corrected chi connectivity index (χ4v) is 11.7. The molecule has 6 heteroatoms. The number of carbonyl (C=O) groups is 2. The normalized spacial score (nSPS) is 12.7. The molecule has 0 aliphatic carbocycles. The van der Waals surface area contributed by atoms with Crippen LogP contribution in [-0.4, -0.2) is 47.4 Å². The molecule has 0 bridgehead atoms. The van der Waals surface area contributed by atoms with Crippen LogP contribution >= 0.6 is 0 Å². The van der Waals surface area contributed by atoms with Crippen molar-refractivity contribution < 1.29 is 24.5 Å². The highest BCUT2D eigenvalue weighted by atomic mass is 16.5. The molecule has 0 saturated carbocycles. The van der Waals surface area contributed by atoms with Crippen molar-refractivity contribution in [3.63, 3.8) is 0 Å². The smallest absolute Gasteiger partial charge is 0.305 e. The Bertz CT molecular complexity index is 1330.